The Hall–Kier alpha value is -3.35. The molecule has 0 aromatic heterocycles. The summed E-state index contributed by atoms with van der Waals surface area (Å²) in [6.45, 7) is 11.2. The molecule has 0 aliphatic heterocycles. The number of carbonyl (C=O) groups excluding carboxylic acids is 3. The molecule has 3 atom stereocenters. The van der Waals surface area contributed by atoms with Crippen molar-refractivity contribution in [1.82, 2.24) is 10.2 Å². The van der Waals surface area contributed by atoms with Crippen LogP contribution in [0.3, 0.4) is 0 Å². The maximum Gasteiger partial charge on any atom is 0.408 e. The third-order valence-corrected chi connectivity index (χ3v) is 6.39. The fourth-order valence-electron chi connectivity index (χ4n) is 4.14. The van der Waals surface area contributed by atoms with E-state index in [1.165, 1.54) is 0 Å². The lowest BCUT2D eigenvalue weighted by Crippen LogP contribution is -2.55. The lowest BCUT2D eigenvalue weighted by Gasteiger charge is -2.36. The first kappa shape index (κ1) is 27.2. The van der Waals surface area contributed by atoms with Gasteiger partial charge in [-0.2, -0.15) is 0 Å². The molecule has 0 heterocycles. The molecular formula is C29H39N3O4. The molecule has 0 bridgehead atoms. The first-order valence-electron chi connectivity index (χ1n) is 12.7. The summed E-state index contributed by atoms with van der Waals surface area (Å²) in [5.74, 6) is -0.704. The highest BCUT2D eigenvalue weighted by molar-refractivity contribution is 5.99. The minimum Gasteiger partial charge on any atom is -0.444 e. The van der Waals surface area contributed by atoms with Crippen LogP contribution >= 0.6 is 0 Å². The molecule has 2 aromatic rings. The Labute approximate surface area is 214 Å². The smallest absolute Gasteiger partial charge is 0.408 e. The standard InChI is InChI=1S/C29H39N3O4/c1-7-19(2)24(31-28(35)36-29(4,5)6)27(34)32(22-17-18-22)25(21-14-9-8-10-15-21)26(33)30-23-16-12-11-13-20(23)3/h8-16,19,22,24-25H,7,17-18H2,1-6H3,(H,30,33)(H,31,35). The average molecular weight is 494 g/mol. The van der Waals surface area contributed by atoms with Crippen LogP contribution in [-0.4, -0.2) is 40.5 Å². The van der Waals surface area contributed by atoms with Gasteiger partial charge in [0, 0.05) is 11.7 Å². The normalized spacial score (nSPS) is 15.8. The molecule has 1 aliphatic carbocycles. The Kier molecular flexibility index (Phi) is 8.77. The van der Waals surface area contributed by atoms with Crippen LogP contribution in [0.5, 0.6) is 0 Å². The first-order valence-corrected chi connectivity index (χ1v) is 12.7. The number of benzene rings is 2. The molecular weight excluding hydrogens is 454 g/mol. The monoisotopic (exact) mass is 493 g/mol. The quantitative estimate of drug-likeness (QED) is 0.476. The number of aryl methyl sites for hydroxylation is 1. The number of carbonyl (C=O) groups is 3. The number of ether oxygens (including phenoxy) is 1. The molecule has 7 nitrogen and oxygen atoms in total. The van der Waals surface area contributed by atoms with E-state index in [0.29, 0.717) is 12.1 Å². The zero-order valence-corrected chi connectivity index (χ0v) is 22.2. The predicted molar refractivity (Wildman–Crippen MR) is 141 cm³/mol. The summed E-state index contributed by atoms with van der Waals surface area (Å²) in [7, 11) is 0. The van der Waals surface area contributed by atoms with E-state index in [4.69, 9.17) is 4.74 Å². The molecule has 3 amide bonds. The van der Waals surface area contributed by atoms with Crippen molar-refractivity contribution in [3.63, 3.8) is 0 Å². The van der Waals surface area contributed by atoms with E-state index in [0.717, 1.165) is 24.0 Å². The number of hydrogen-bond acceptors (Lipinski definition) is 4. The summed E-state index contributed by atoms with van der Waals surface area (Å²) in [4.78, 5) is 42.3. The first-order chi connectivity index (χ1) is 17.0. The summed E-state index contributed by atoms with van der Waals surface area (Å²) in [5.41, 5.74) is 1.68. The van der Waals surface area contributed by atoms with Crippen molar-refractivity contribution in [2.45, 2.75) is 84.5 Å². The van der Waals surface area contributed by atoms with Gasteiger partial charge in [-0.1, -0.05) is 68.8 Å². The Balaban J connectivity index is 1.97. The van der Waals surface area contributed by atoms with Gasteiger partial charge in [-0.25, -0.2) is 4.79 Å². The van der Waals surface area contributed by atoms with Gasteiger partial charge in [0.2, 0.25) is 5.91 Å². The van der Waals surface area contributed by atoms with Crippen LogP contribution < -0.4 is 10.6 Å². The van der Waals surface area contributed by atoms with Crippen LogP contribution in [0.4, 0.5) is 10.5 Å². The zero-order valence-electron chi connectivity index (χ0n) is 22.2. The van der Waals surface area contributed by atoms with Crippen molar-refractivity contribution in [3.05, 3.63) is 65.7 Å². The number of hydrogen-bond donors (Lipinski definition) is 2. The largest absolute Gasteiger partial charge is 0.444 e. The van der Waals surface area contributed by atoms with Crippen molar-refractivity contribution < 1.29 is 19.1 Å². The lowest BCUT2D eigenvalue weighted by molar-refractivity contribution is -0.142. The fourth-order valence-corrected chi connectivity index (χ4v) is 4.14. The minimum absolute atomic E-state index is 0.0719. The third kappa shape index (κ3) is 7.09. The second-order valence-electron chi connectivity index (χ2n) is 10.6. The van der Waals surface area contributed by atoms with Gasteiger partial charge in [-0.15, -0.1) is 0 Å². The highest BCUT2D eigenvalue weighted by Crippen LogP contribution is 2.37. The SMILES string of the molecule is CCC(C)C(NC(=O)OC(C)(C)C)C(=O)N(C1CC1)C(C(=O)Nc1ccccc1C)c1ccccc1. The van der Waals surface area contributed by atoms with Crippen molar-refractivity contribution >= 4 is 23.6 Å². The van der Waals surface area contributed by atoms with E-state index in [1.807, 2.05) is 75.4 Å². The number of nitrogens with zero attached hydrogens (tertiary/aromatic N) is 1. The van der Waals surface area contributed by atoms with Crippen LogP contribution in [0.2, 0.25) is 0 Å². The molecule has 1 fully saturated rings. The van der Waals surface area contributed by atoms with Gasteiger partial charge in [0.1, 0.15) is 17.7 Å². The van der Waals surface area contributed by atoms with Gasteiger partial charge in [0.15, 0.2) is 0 Å². The number of alkyl carbamates (subject to hydrolysis) is 1. The summed E-state index contributed by atoms with van der Waals surface area (Å²) >= 11 is 0. The van der Waals surface area contributed by atoms with Crippen LogP contribution in [-0.2, 0) is 14.3 Å². The Bertz CT molecular complexity index is 1060. The zero-order chi connectivity index (χ0) is 26.5. The molecule has 1 saturated carbocycles. The highest BCUT2D eigenvalue weighted by atomic mass is 16.6. The molecule has 0 spiro atoms. The molecule has 0 radical (unpaired) electrons. The molecule has 2 N–H and O–H groups in total. The summed E-state index contributed by atoms with van der Waals surface area (Å²) in [6.07, 6.45) is 1.66. The van der Waals surface area contributed by atoms with E-state index >= 15 is 0 Å². The third-order valence-electron chi connectivity index (χ3n) is 6.39. The molecule has 3 unspecified atom stereocenters. The van der Waals surface area contributed by atoms with Crippen LogP contribution in [0, 0.1) is 12.8 Å². The van der Waals surface area contributed by atoms with Gasteiger partial charge >= 0.3 is 6.09 Å². The van der Waals surface area contributed by atoms with Gasteiger partial charge in [-0.05, 0) is 63.6 Å². The number of amides is 3. The molecule has 7 heteroatoms. The number of rotatable bonds is 9. The lowest BCUT2D eigenvalue weighted by atomic mass is 9.95. The molecule has 0 saturated heterocycles. The Morgan fingerprint density at radius 1 is 1.03 bits per heavy atom. The summed E-state index contributed by atoms with van der Waals surface area (Å²) in [6, 6.07) is 15.2. The molecule has 194 valence electrons. The summed E-state index contributed by atoms with van der Waals surface area (Å²) < 4.78 is 5.45. The molecule has 1 aliphatic rings. The van der Waals surface area contributed by atoms with Crippen molar-refractivity contribution in [3.8, 4) is 0 Å². The number of anilines is 1. The van der Waals surface area contributed by atoms with Crippen LogP contribution in [0.1, 0.15) is 71.0 Å². The van der Waals surface area contributed by atoms with E-state index in [1.54, 1.807) is 25.7 Å². The van der Waals surface area contributed by atoms with Gasteiger partial charge in [0.25, 0.3) is 5.91 Å². The van der Waals surface area contributed by atoms with Crippen molar-refractivity contribution in [2.75, 3.05) is 5.32 Å². The van der Waals surface area contributed by atoms with Gasteiger partial charge in [0.05, 0.1) is 0 Å². The van der Waals surface area contributed by atoms with Crippen molar-refractivity contribution in [1.29, 1.82) is 0 Å². The molecule has 3 rings (SSSR count). The topological polar surface area (TPSA) is 87.7 Å². The number of nitrogens with one attached hydrogen (secondary N) is 2. The van der Waals surface area contributed by atoms with E-state index in [9.17, 15) is 14.4 Å². The Morgan fingerprint density at radius 3 is 2.19 bits per heavy atom. The summed E-state index contributed by atoms with van der Waals surface area (Å²) in [5, 5.41) is 5.84. The Morgan fingerprint density at radius 2 is 1.64 bits per heavy atom. The predicted octanol–water partition coefficient (Wildman–Crippen LogP) is 5.61. The van der Waals surface area contributed by atoms with Gasteiger partial charge < -0.3 is 20.3 Å². The maximum absolute atomic E-state index is 14.1. The minimum atomic E-state index is -0.835. The van der Waals surface area contributed by atoms with Gasteiger partial charge in [-0.3, -0.25) is 9.59 Å². The molecule has 2 aromatic carbocycles. The second kappa shape index (κ2) is 11.6. The van der Waals surface area contributed by atoms with E-state index in [-0.39, 0.29) is 23.8 Å². The van der Waals surface area contributed by atoms with Crippen molar-refractivity contribution in [2.24, 2.45) is 5.92 Å². The second-order valence-corrected chi connectivity index (χ2v) is 10.6. The molecule has 36 heavy (non-hydrogen) atoms. The van der Waals surface area contributed by atoms with Crippen LogP contribution in [0.15, 0.2) is 54.6 Å². The van der Waals surface area contributed by atoms with E-state index < -0.39 is 23.8 Å². The highest BCUT2D eigenvalue weighted by Gasteiger charge is 2.45. The average Bonchev–Trinajstić information content (AvgIpc) is 3.66. The van der Waals surface area contributed by atoms with Crippen LogP contribution in [0.25, 0.3) is 0 Å². The maximum atomic E-state index is 14.1. The van der Waals surface area contributed by atoms with E-state index in [2.05, 4.69) is 10.6 Å². The fraction of sp³-hybridized carbons (Fsp3) is 0.483. The number of para-hydroxylation sites is 1.